The smallest absolute Gasteiger partial charge is 0.311 e. The average molecular weight is 454 g/mol. The van der Waals surface area contributed by atoms with Crippen LogP contribution in [-0.2, 0) is 18.4 Å². The van der Waals surface area contributed by atoms with E-state index in [1.54, 1.807) is 25.2 Å². The Kier molecular flexibility index (Phi) is 4.03. The number of hydrogen-bond donors (Lipinski definition) is 1. The maximum Gasteiger partial charge on any atom is 0.329 e. The van der Waals surface area contributed by atoms with Crippen molar-refractivity contribution in [3.05, 3.63) is 102 Å². The largest absolute Gasteiger partial charge is 0.329 e. The second-order valence-corrected chi connectivity index (χ2v) is 8.22. The monoisotopic (exact) mass is 454 g/mol. The molecule has 0 bridgehead atoms. The fourth-order valence-corrected chi connectivity index (χ4v) is 4.60. The molecule has 0 aliphatic carbocycles. The summed E-state index contributed by atoms with van der Waals surface area (Å²) in [4.78, 5) is 60.6. The van der Waals surface area contributed by atoms with Gasteiger partial charge in [-0.2, -0.15) is 4.98 Å². The van der Waals surface area contributed by atoms with Crippen LogP contribution in [0.1, 0.15) is 11.1 Å². The number of anilines is 1. The maximum atomic E-state index is 13.8. The molecule has 0 fully saturated rings. The number of nitrogens with zero attached hydrogens (tertiary/aromatic N) is 5. The van der Waals surface area contributed by atoms with Gasteiger partial charge in [-0.25, -0.2) is 4.79 Å². The zero-order chi connectivity index (χ0) is 23.7. The summed E-state index contributed by atoms with van der Waals surface area (Å²) in [6.45, 7) is 0.178. The van der Waals surface area contributed by atoms with E-state index in [2.05, 4.69) is 9.97 Å². The Hall–Kier alpha value is -4.73. The summed E-state index contributed by atoms with van der Waals surface area (Å²) >= 11 is 0. The third-order valence-corrected chi connectivity index (χ3v) is 6.29. The minimum Gasteiger partial charge on any atom is -0.311 e. The van der Waals surface area contributed by atoms with Crippen molar-refractivity contribution in [3.63, 3.8) is 0 Å². The molecule has 0 unspecified atom stereocenters. The van der Waals surface area contributed by atoms with E-state index in [-0.39, 0.29) is 40.3 Å². The van der Waals surface area contributed by atoms with Crippen molar-refractivity contribution >= 4 is 34.1 Å². The molecule has 0 atom stereocenters. The van der Waals surface area contributed by atoms with Gasteiger partial charge in [0.2, 0.25) is 5.78 Å². The predicted molar refractivity (Wildman–Crippen MR) is 126 cm³/mol. The second kappa shape index (κ2) is 6.88. The van der Waals surface area contributed by atoms with E-state index in [0.29, 0.717) is 11.3 Å². The van der Waals surface area contributed by atoms with Crippen LogP contribution in [0.2, 0.25) is 0 Å². The number of aromatic nitrogens is 5. The van der Waals surface area contributed by atoms with Crippen molar-refractivity contribution in [2.24, 2.45) is 7.05 Å². The number of amides is 1. The number of imidazole rings is 2. The summed E-state index contributed by atoms with van der Waals surface area (Å²) in [5.74, 6) is -0.182. The topological polar surface area (TPSA) is 114 Å². The quantitative estimate of drug-likeness (QED) is 0.403. The normalized spacial score (nSPS) is 15.0. The molecule has 1 aliphatic rings. The molecule has 0 spiro atoms. The van der Waals surface area contributed by atoms with Crippen molar-refractivity contribution in [3.8, 4) is 0 Å². The Labute approximate surface area is 190 Å². The molecule has 1 amide bonds. The van der Waals surface area contributed by atoms with Crippen molar-refractivity contribution in [1.82, 2.24) is 23.5 Å². The number of hydrogen-bond acceptors (Lipinski definition) is 5. The number of carbonyl (C=O) groups is 1. The molecule has 34 heavy (non-hydrogen) atoms. The van der Waals surface area contributed by atoms with Crippen LogP contribution in [0, 0.1) is 0 Å². The Bertz CT molecular complexity index is 1890. The second-order valence-electron chi connectivity index (χ2n) is 8.22. The van der Waals surface area contributed by atoms with Crippen LogP contribution < -0.4 is 27.1 Å². The summed E-state index contributed by atoms with van der Waals surface area (Å²) in [5, 5.41) is 0.0411. The molecular weight excluding hydrogens is 436 g/mol. The molecule has 2 aromatic carbocycles. The van der Waals surface area contributed by atoms with Crippen LogP contribution in [0.15, 0.2) is 69.0 Å². The number of fused-ring (bicyclic) bond motifs is 4. The van der Waals surface area contributed by atoms with E-state index in [9.17, 15) is 19.2 Å². The Morgan fingerprint density at radius 3 is 2.38 bits per heavy atom. The van der Waals surface area contributed by atoms with Crippen LogP contribution in [0.4, 0.5) is 5.69 Å². The van der Waals surface area contributed by atoms with Crippen LogP contribution in [0.3, 0.4) is 0 Å². The van der Waals surface area contributed by atoms with Gasteiger partial charge in [-0.05, 0) is 11.6 Å². The number of carbonyl (C=O) groups excluding carboxylic acids is 1. The number of rotatable bonds is 2. The summed E-state index contributed by atoms with van der Waals surface area (Å²) < 4.78 is 4.05. The van der Waals surface area contributed by atoms with E-state index in [1.807, 2.05) is 36.4 Å². The number of benzene rings is 2. The van der Waals surface area contributed by atoms with Crippen LogP contribution in [0.25, 0.3) is 22.5 Å². The number of H-pyrrole nitrogens is 1. The van der Waals surface area contributed by atoms with Gasteiger partial charge in [0.1, 0.15) is 5.35 Å². The highest BCUT2D eigenvalue weighted by atomic mass is 16.2. The summed E-state index contributed by atoms with van der Waals surface area (Å²) in [6, 6.07) is 16.5. The van der Waals surface area contributed by atoms with Crippen LogP contribution in [-0.4, -0.2) is 36.5 Å². The van der Waals surface area contributed by atoms with Gasteiger partial charge < -0.3 is 4.90 Å². The predicted octanol–water partition coefficient (Wildman–Crippen LogP) is -0.0212. The molecule has 0 saturated heterocycles. The molecule has 4 heterocycles. The summed E-state index contributed by atoms with van der Waals surface area (Å²) in [6.07, 6.45) is 0. The fraction of sp³-hybridized carbons (Fsp3) is 0.125. The molecule has 1 aliphatic heterocycles. The third kappa shape index (κ3) is 2.53. The number of para-hydroxylation sites is 1. The van der Waals surface area contributed by atoms with Crippen molar-refractivity contribution in [1.29, 1.82) is 0 Å². The molecule has 6 rings (SSSR count). The lowest BCUT2D eigenvalue weighted by molar-refractivity contribution is -0.112. The Balaban J connectivity index is 1.86. The van der Waals surface area contributed by atoms with Crippen LogP contribution >= 0.6 is 0 Å². The van der Waals surface area contributed by atoms with Gasteiger partial charge in [0.05, 0.1) is 17.8 Å². The van der Waals surface area contributed by atoms with Crippen LogP contribution in [0.5, 0.6) is 0 Å². The van der Waals surface area contributed by atoms with E-state index in [4.69, 9.17) is 0 Å². The first-order valence-electron chi connectivity index (χ1n) is 10.6. The van der Waals surface area contributed by atoms with E-state index >= 15 is 0 Å². The first kappa shape index (κ1) is 19.9. The molecule has 3 aromatic heterocycles. The molecule has 10 heteroatoms. The highest BCUT2D eigenvalue weighted by molar-refractivity contribution is 6.32. The average Bonchev–Trinajstić information content (AvgIpc) is 3.43. The lowest BCUT2D eigenvalue weighted by atomic mass is 10.1. The van der Waals surface area contributed by atoms with Gasteiger partial charge >= 0.3 is 5.69 Å². The number of aromatic amines is 1. The third-order valence-electron chi connectivity index (χ3n) is 6.29. The van der Waals surface area contributed by atoms with Crippen molar-refractivity contribution in [2.75, 3.05) is 11.9 Å². The fourth-order valence-electron chi connectivity index (χ4n) is 4.60. The SMILES string of the molecule is CN1C(=O)C(=c2c(=O)n(Cc3ccccc3)c3nc4c(c(=O)[nH]c(=O)n4C)n23)c2ccccc21. The first-order chi connectivity index (χ1) is 16.4. The van der Waals surface area contributed by atoms with Crippen molar-refractivity contribution in [2.45, 2.75) is 6.54 Å². The summed E-state index contributed by atoms with van der Waals surface area (Å²) in [5.41, 5.74) is 0.692. The minimum atomic E-state index is -0.684. The minimum absolute atomic E-state index is 0.0309. The van der Waals surface area contributed by atoms with Gasteiger partial charge in [0, 0.05) is 19.7 Å². The molecule has 0 radical (unpaired) electrons. The molecular formula is C24H18N6O4. The van der Waals surface area contributed by atoms with E-state index < -0.39 is 16.8 Å². The Morgan fingerprint density at radius 1 is 0.912 bits per heavy atom. The molecule has 5 aromatic rings. The lowest BCUT2D eigenvalue weighted by Gasteiger charge is -2.07. The lowest BCUT2D eigenvalue weighted by Crippen LogP contribution is -2.37. The molecule has 168 valence electrons. The number of aryl methyl sites for hydroxylation is 1. The standard InChI is InChI=1S/C24H18N6O4/c1-27-15-11-7-6-10-14(15)16(21(27)32)17-22(33)29(12-13-8-4-3-5-9-13)23-25-19-18(30(17)23)20(31)26-24(34)28(19)2/h3-11H,12H2,1-2H3,(H,26,31,34). The molecule has 10 nitrogen and oxygen atoms in total. The maximum absolute atomic E-state index is 13.8. The van der Waals surface area contributed by atoms with E-state index in [1.165, 1.54) is 25.5 Å². The van der Waals surface area contributed by atoms with Gasteiger partial charge in [0.15, 0.2) is 11.2 Å². The number of nitrogens with one attached hydrogen (secondary N) is 1. The van der Waals surface area contributed by atoms with E-state index in [0.717, 1.165) is 5.56 Å². The van der Waals surface area contributed by atoms with Gasteiger partial charge in [-0.1, -0.05) is 48.5 Å². The van der Waals surface area contributed by atoms with Gasteiger partial charge in [0.25, 0.3) is 17.0 Å². The Morgan fingerprint density at radius 2 is 1.62 bits per heavy atom. The van der Waals surface area contributed by atoms with Gasteiger partial charge in [-0.15, -0.1) is 0 Å². The highest BCUT2D eigenvalue weighted by Gasteiger charge is 2.33. The zero-order valence-corrected chi connectivity index (χ0v) is 18.3. The number of likely N-dealkylation sites (N-methyl/N-ethyl adjacent to an activating group) is 1. The molecule has 1 N–H and O–H groups in total. The highest BCUT2D eigenvalue weighted by Crippen LogP contribution is 2.33. The zero-order valence-electron chi connectivity index (χ0n) is 18.3. The molecule has 0 saturated carbocycles. The summed E-state index contributed by atoms with van der Waals surface area (Å²) in [7, 11) is 3.13. The van der Waals surface area contributed by atoms with Gasteiger partial charge in [-0.3, -0.25) is 32.9 Å². The van der Waals surface area contributed by atoms with Crippen molar-refractivity contribution < 1.29 is 4.79 Å². The first-order valence-corrected chi connectivity index (χ1v) is 10.6.